The summed E-state index contributed by atoms with van der Waals surface area (Å²) in [5.74, 6) is 0.671. The minimum atomic E-state index is -0.837. The van der Waals surface area contributed by atoms with Crippen molar-refractivity contribution in [3.05, 3.63) is 0 Å². The molecule has 0 aliphatic heterocycles. The summed E-state index contributed by atoms with van der Waals surface area (Å²) in [6, 6.07) is 0. The largest absolute Gasteiger partial charge is 0.311 e. The van der Waals surface area contributed by atoms with E-state index < -0.39 is 11.3 Å². The molecule has 8 N–H and O–H groups in total. The average molecular weight is 156 g/mol. The van der Waals surface area contributed by atoms with Crippen LogP contribution >= 0.6 is 0 Å². The van der Waals surface area contributed by atoms with Gasteiger partial charge in [-0.15, -0.1) is 0 Å². The van der Waals surface area contributed by atoms with E-state index in [0.717, 1.165) is 19.3 Å². The van der Waals surface area contributed by atoms with Crippen LogP contribution in [0.2, 0.25) is 0 Å². The molecule has 0 aromatic rings. The summed E-state index contributed by atoms with van der Waals surface area (Å²) in [6.45, 7) is 0. The smallest absolute Gasteiger partial charge is 0.0987 e. The minimum Gasteiger partial charge on any atom is -0.311 e. The summed E-state index contributed by atoms with van der Waals surface area (Å²) < 4.78 is 0. The van der Waals surface area contributed by atoms with E-state index in [2.05, 4.69) is 0 Å². The van der Waals surface area contributed by atoms with E-state index in [1.807, 2.05) is 0 Å². The van der Waals surface area contributed by atoms with Crippen LogP contribution in [0.3, 0.4) is 0 Å². The molecule has 2 aliphatic carbocycles. The Labute approximate surface area is 66.3 Å². The van der Waals surface area contributed by atoms with Crippen molar-refractivity contribution in [3.63, 3.8) is 0 Å². The maximum absolute atomic E-state index is 5.87. The van der Waals surface area contributed by atoms with Gasteiger partial charge < -0.3 is 22.9 Å². The average Bonchev–Trinajstić information content (AvgIpc) is 2.37. The molecule has 0 amide bonds. The van der Waals surface area contributed by atoms with Crippen molar-refractivity contribution < 1.29 is 0 Å². The molecule has 2 aliphatic rings. The van der Waals surface area contributed by atoms with Gasteiger partial charge >= 0.3 is 0 Å². The summed E-state index contributed by atoms with van der Waals surface area (Å²) in [6.07, 6.45) is 3.20. The van der Waals surface area contributed by atoms with Crippen LogP contribution in [0.5, 0.6) is 0 Å². The maximum atomic E-state index is 5.87. The molecule has 64 valence electrons. The zero-order valence-corrected chi connectivity index (χ0v) is 6.59. The van der Waals surface area contributed by atoms with Crippen molar-refractivity contribution in [2.75, 3.05) is 0 Å². The molecule has 4 heteroatoms. The third kappa shape index (κ3) is 0.679. The highest BCUT2D eigenvalue weighted by Gasteiger charge is 2.60. The molecule has 4 nitrogen and oxygen atoms in total. The third-order valence-corrected chi connectivity index (χ3v) is 3.53. The zero-order valence-electron chi connectivity index (χ0n) is 6.59. The fourth-order valence-corrected chi connectivity index (χ4v) is 2.56. The van der Waals surface area contributed by atoms with Crippen LogP contribution in [0.15, 0.2) is 0 Å². The molecular weight excluding hydrogens is 140 g/mol. The molecule has 2 unspecified atom stereocenters. The van der Waals surface area contributed by atoms with Crippen LogP contribution in [0.4, 0.5) is 0 Å². The molecule has 0 heterocycles. The van der Waals surface area contributed by atoms with E-state index in [9.17, 15) is 0 Å². The van der Waals surface area contributed by atoms with Crippen LogP contribution in [0.25, 0.3) is 0 Å². The van der Waals surface area contributed by atoms with Crippen molar-refractivity contribution in [1.82, 2.24) is 0 Å². The SMILES string of the molecule is NC1(N)C2CCC(C2)C1(N)N. The van der Waals surface area contributed by atoms with Gasteiger partial charge in [0.1, 0.15) is 0 Å². The van der Waals surface area contributed by atoms with Crippen molar-refractivity contribution in [2.45, 2.75) is 30.6 Å². The first kappa shape index (κ1) is 7.49. The Balaban J connectivity index is 2.36. The van der Waals surface area contributed by atoms with Gasteiger partial charge in [-0.1, -0.05) is 0 Å². The second-order valence-corrected chi connectivity index (χ2v) is 4.07. The Bertz CT molecular complexity index is 167. The predicted octanol–water partition coefficient (Wildman–Crippen LogP) is -1.36. The van der Waals surface area contributed by atoms with Crippen molar-refractivity contribution in [2.24, 2.45) is 34.8 Å². The minimum absolute atomic E-state index is 0.336. The summed E-state index contributed by atoms with van der Waals surface area (Å²) in [4.78, 5) is 0. The lowest BCUT2D eigenvalue weighted by Crippen LogP contribution is -2.78. The van der Waals surface area contributed by atoms with Gasteiger partial charge in [-0.05, 0) is 31.1 Å². The van der Waals surface area contributed by atoms with Gasteiger partial charge in [0.15, 0.2) is 0 Å². The second kappa shape index (κ2) is 1.77. The highest BCUT2D eigenvalue weighted by molar-refractivity contribution is 5.16. The summed E-state index contributed by atoms with van der Waals surface area (Å²) in [5, 5.41) is 0. The van der Waals surface area contributed by atoms with Crippen LogP contribution in [0.1, 0.15) is 19.3 Å². The number of fused-ring (bicyclic) bond motifs is 2. The van der Waals surface area contributed by atoms with Crippen molar-refractivity contribution >= 4 is 0 Å². The van der Waals surface area contributed by atoms with Crippen LogP contribution < -0.4 is 22.9 Å². The molecule has 0 aromatic carbocycles. The maximum Gasteiger partial charge on any atom is 0.0987 e. The van der Waals surface area contributed by atoms with Crippen molar-refractivity contribution in [1.29, 1.82) is 0 Å². The van der Waals surface area contributed by atoms with E-state index in [0.29, 0.717) is 11.8 Å². The van der Waals surface area contributed by atoms with Gasteiger partial charge in [-0.3, -0.25) is 0 Å². The number of rotatable bonds is 0. The summed E-state index contributed by atoms with van der Waals surface area (Å²) >= 11 is 0. The number of hydrogen-bond acceptors (Lipinski definition) is 4. The first-order valence-corrected chi connectivity index (χ1v) is 4.12. The lowest BCUT2D eigenvalue weighted by Gasteiger charge is -2.43. The van der Waals surface area contributed by atoms with Crippen LogP contribution in [0, 0.1) is 11.8 Å². The standard InChI is InChI=1S/C7H16N4/c8-6(9)4-1-2-5(3-4)7(6,10)11/h4-5H,1-3,8-11H2. The lowest BCUT2D eigenvalue weighted by molar-refractivity contribution is 0.145. The fourth-order valence-electron chi connectivity index (χ4n) is 2.56. The number of nitrogens with two attached hydrogens (primary N) is 4. The Morgan fingerprint density at radius 3 is 1.36 bits per heavy atom. The molecule has 0 radical (unpaired) electrons. The number of hydrogen-bond donors (Lipinski definition) is 4. The molecular formula is C7H16N4. The monoisotopic (exact) mass is 156 g/mol. The van der Waals surface area contributed by atoms with E-state index in [1.165, 1.54) is 0 Å². The van der Waals surface area contributed by atoms with E-state index in [4.69, 9.17) is 22.9 Å². The molecule has 2 atom stereocenters. The van der Waals surface area contributed by atoms with Gasteiger partial charge in [-0.25, -0.2) is 0 Å². The zero-order chi connectivity index (χ0) is 8.28. The van der Waals surface area contributed by atoms with Crippen LogP contribution in [-0.2, 0) is 0 Å². The van der Waals surface area contributed by atoms with Gasteiger partial charge in [0, 0.05) is 0 Å². The van der Waals surface area contributed by atoms with Gasteiger partial charge in [0.2, 0.25) is 0 Å². The summed E-state index contributed by atoms with van der Waals surface area (Å²) in [7, 11) is 0. The Morgan fingerprint density at radius 2 is 1.18 bits per heavy atom. The Kier molecular flexibility index (Phi) is 1.21. The molecule has 2 bridgehead atoms. The molecule has 0 saturated heterocycles. The first-order valence-electron chi connectivity index (χ1n) is 4.12. The van der Waals surface area contributed by atoms with Gasteiger partial charge in [0.25, 0.3) is 0 Å². The highest BCUT2D eigenvalue weighted by Crippen LogP contribution is 2.49. The van der Waals surface area contributed by atoms with Gasteiger partial charge in [-0.2, -0.15) is 0 Å². The van der Waals surface area contributed by atoms with E-state index in [1.54, 1.807) is 0 Å². The molecule has 11 heavy (non-hydrogen) atoms. The molecule has 0 spiro atoms. The van der Waals surface area contributed by atoms with Gasteiger partial charge in [0.05, 0.1) is 11.3 Å². The van der Waals surface area contributed by atoms with E-state index in [-0.39, 0.29) is 0 Å². The molecule has 0 aromatic heterocycles. The highest BCUT2D eigenvalue weighted by atomic mass is 15.2. The molecule has 2 fully saturated rings. The topological polar surface area (TPSA) is 104 Å². The Morgan fingerprint density at radius 1 is 0.818 bits per heavy atom. The summed E-state index contributed by atoms with van der Waals surface area (Å²) in [5.41, 5.74) is 21.8. The predicted molar refractivity (Wildman–Crippen MR) is 43.0 cm³/mol. The normalized spacial score (nSPS) is 44.7. The second-order valence-electron chi connectivity index (χ2n) is 4.07. The fraction of sp³-hybridized carbons (Fsp3) is 1.00. The lowest BCUT2D eigenvalue weighted by atomic mass is 9.81. The third-order valence-electron chi connectivity index (χ3n) is 3.53. The van der Waals surface area contributed by atoms with E-state index >= 15 is 0 Å². The molecule has 2 saturated carbocycles. The first-order chi connectivity index (χ1) is 4.96. The quantitative estimate of drug-likeness (QED) is 0.325. The van der Waals surface area contributed by atoms with Crippen molar-refractivity contribution in [3.8, 4) is 0 Å². The molecule has 2 rings (SSSR count). The van der Waals surface area contributed by atoms with Crippen LogP contribution in [-0.4, -0.2) is 11.3 Å². The Hall–Kier alpha value is -0.160.